The van der Waals surface area contributed by atoms with E-state index in [-0.39, 0.29) is 0 Å². The third-order valence-electron chi connectivity index (χ3n) is 4.91. The standard InChI is InChI=1S/C25H18N2S/c28-22-13-11-20(12-14-22)24-17-27-16-21(18-7-3-1-4-8-18)15-23(25(27)26-24)19-9-5-2-6-10-19/h1-17,28H. The lowest BCUT2D eigenvalue weighted by Gasteiger charge is -2.09. The number of pyridine rings is 1. The van der Waals surface area contributed by atoms with Crippen LogP contribution in [-0.4, -0.2) is 9.38 Å². The van der Waals surface area contributed by atoms with Crippen LogP contribution >= 0.6 is 12.6 Å². The van der Waals surface area contributed by atoms with Crippen molar-refractivity contribution in [2.75, 3.05) is 0 Å². The monoisotopic (exact) mass is 378 g/mol. The van der Waals surface area contributed by atoms with E-state index in [9.17, 15) is 0 Å². The molecular formula is C25H18N2S. The Morgan fingerprint density at radius 1 is 0.607 bits per heavy atom. The van der Waals surface area contributed by atoms with Crippen LogP contribution in [0.1, 0.15) is 0 Å². The van der Waals surface area contributed by atoms with Gasteiger partial charge < -0.3 is 4.40 Å². The molecule has 2 heterocycles. The first kappa shape index (κ1) is 16.8. The van der Waals surface area contributed by atoms with E-state index >= 15 is 0 Å². The van der Waals surface area contributed by atoms with Gasteiger partial charge in [-0.3, -0.25) is 0 Å². The molecule has 2 nitrogen and oxygen atoms in total. The van der Waals surface area contributed by atoms with Gasteiger partial charge in [0, 0.05) is 28.4 Å². The molecule has 0 N–H and O–H groups in total. The van der Waals surface area contributed by atoms with Gasteiger partial charge >= 0.3 is 0 Å². The van der Waals surface area contributed by atoms with E-state index in [2.05, 4.69) is 96.2 Å². The SMILES string of the molecule is Sc1ccc(-c2cn3cc(-c4ccccc4)cc(-c4ccccc4)c3n2)cc1. The van der Waals surface area contributed by atoms with Gasteiger partial charge in [0.1, 0.15) is 5.65 Å². The molecule has 5 aromatic rings. The van der Waals surface area contributed by atoms with Crippen LogP contribution in [0.5, 0.6) is 0 Å². The summed E-state index contributed by atoms with van der Waals surface area (Å²) < 4.78 is 2.13. The van der Waals surface area contributed by atoms with Gasteiger partial charge in [-0.05, 0) is 34.9 Å². The zero-order valence-corrected chi connectivity index (χ0v) is 16.1. The van der Waals surface area contributed by atoms with Crippen molar-refractivity contribution in [3.63, 3.8) is 0 Å². The second-order valence-electron chi connectivity index (χ2n) is 6.78. The van der Waals surface area contributed by atoms with Crippen molar-refractivity contribution in [3.8, 4) is 33.5 Å². The van der Waals surface area contributed by atoms with Gasteiger partial charge in [-0.25, -0.2) is 4.98 Å². The zero-order valence-electron chi connectivity index (χ0n) is 15.2. The van der Waals surface area contributed by atoms with Crippen molar-refractivity contribution >= 4 is 18.3 Å². The minimum atomic E-state index is 0.948. The summed E-state index contributed by atoms with van der Waals surface area (Å²) in [6, 6.07) is 31.2. The second kappa shape index (κ2) is 7.02. The lowest BCUT2D eigenvalue weighted by molar-refractivity contribution is 1.19. The first-order valence-electron chi connectivity index (χ1n) is 9.21. The third kappa shape index (κ3) is 3.10. The average molecular weight is 379 g/mol. The normalized spacial score (nSPS) is 11.0. The zero-order chi connectivity index (χ0) is 18.9. The fourth-order valence-corrected chi connectivity index (χ4v) is 3.64. The lowest BCUT2D eigenvalue weighted by Crippen LogP contribution is -1.90. The molecule has 28 heavy (non-hydrogen) atoms. The molecule has 5 rings (SSSR count). The predicted octanol–water partition coefficient (Wildman–Crippen LogP) is 6.62. The largest absolute Gasteiger partial charge is 0.305 e. The van der Waals surface area contributed by atoms with Gasteiger partial charge in [-0.2, -0.15) is 0 Å². The van der Waals surface area contributed by atoms with Crippen molar-refractivity contribution in [2.24, 2.45) is 0 Å². The van der Waals surface area contributed by atoms with Crippen LogP contribution < -0.4 is 0 Å². The molecule has 0 saturated heterocycles. The van der Waals surface area contributed by atoms with E-state index < -0.39 is 0 Å². The van der Waals surface area contributed by atoms with Crippen LogP contribution in [0.15, 0.2) is 108 Å². The smallest absolute Gasteiger partial charge is 0.145 e. The van der Waals surface area contributed by atoms with Crippen molar-refractivity contribution in [1.82, 2.24) is 9.38 Å². The summed E-state index contributed by atoms with van der Waals surface area (Å²) in [5, 5.41) is 0. The first-order chi connectivity index (χ1) is 13.8. The molecule has 3 heteroatoms. The molecule has 0 fully saturated rings. The summed E-state index contributed by atoms with van der Waals surface area (Å²) >= 11 is 4.39. The highest BCUT2D eigenvalue weighted by molar-refractivity contribution is 7.80. The molecule has 2 aromatic heterocycles. The van der Waals surface area contributed by atoms with Crippen LogP contribution in [0.25, 0.3) is 39.2 Å². The molecule has 0 amide bonds. The third-order valence-corrected chi connectivity index (χ3v) is 5.20. The number of fused-ring (bicyclic) bond motifs is 1. The number of nitrogens with zero attached hydrogens (tertiary/aromatic N) is 2. The first-order valence-corrected chi connectivity index (χ1v) is 9.66. The second-order valence-corrected chi connectivity index (χ2v) is 7.29. The molecule has 0 spiro atoms. The summed E-state index contributed by atoms with van der Waals surface area (Å²) in [5.41, 5.74) is 7.64. The van der Waals surface area contributed by atoms with Crippen LogP contribution in [0.2, 0.25) is 0 Å². The molecule has 0 aliphatic heterocycles. The average Bonchev–Trinajstić information content (AvgIpc) is 3.19. The van der Waals surface area contributed by atoms with Gasteiger partial charge in [0.05, 0.1) is 5.69 Å². The summed E-state index contributed by atoms with van der Waals surface area (Å²) in [5.74, 6) is 0. The Morgan fingerprint density at radius 2 is 1.25 bits per heavy atom. The lowest BCUT2D eigenvalue weighted by atomic mass is 10.0. The van der Waals surface area contributed by atoms with E-state index in [1.54, 1.807) is 0 Å². The number of hydrogen-bond acceptors (Lipinski definition) is 2. The Labute approximate surface area is 169 Å². The maximum atomic E-state index is 4.96. The summed E-state index contributed by atoms with van der Waals surface area (Å²) in [6.07, 6.45) is 4.25. The molecule has 0 aliphatic rings. The number of aromatic nitrogens is 2. The van der Waals surface area contributed by atoms with E-state index in [4.69, 9.17) is 4.98 Å². The highest BCUT2D eigenvalue weighted by Gasteiger charge is 2.12. The molecule has 0 saturated carbocycles. The van der Waals surface area contributed by atoms with Gasteiger partial charge in [-0.15, -0.1) is 12.6 Å². The number of imidazole rings is 1. The Hall–Kier alpha value is -3.30. The predicted molar refractivity (Wildman–Crippen MR) is 119 cm³/mol. The Kier molecular flexibility index (Phi) is 4.22. The maximum Gasteiger partial charge on any atom is 0.145 e. The molecule has 0 atom stereocenters. The minimum Gasteiger partial charge on any atom is -0.305 e. The molecule has 3 aromatic carbocycles. The van der Waals surface area contributed by atoms with Gasteiger partial charge in [0.15, 0.2) is 0 Å². The molecule has 0 bridgehead atoms. The highest BCUT2D eigenvalue weighted by atomic mass is 32.1. The van der Waals surface area contributed by atoms with Crippen molar-refractivity contribution in [3.05, 3.63) is 103 Å². The van der Waals surface area contributed by atoms with E-state index in [0.717, 1.165) is 32.9 Å². The highest BCUT2D eigenvalue weighted by Crippen LogP contribution is 2.32. The fraction of sp³-hybridized carbons (Fsp3) is 0. The molecule has 0 unspecified atom stereocenters. The summed E-state index contributed by atoms with van der Waals surface area (Å²) in [7, 11) is 0. The Bertz CT molecular complexity index is 1240. The summed E-state index contributed by atoms with van der Waals surface area (Å²) in [4.78, 5) is 5.91. The quantitative estimate of drug-likeness (QED) is 0.349. The van der Waals surface area contributed by atoms with Crippen molar-refractivity contribution < 1.29 is 0 Å². The van der Waals surface area contributed by atoms with E-state index in [1.807, 2.05) is 24.3 Å². The molecular weight excluding hydrogens is 360 g/mol. The topological polar surface area (TPSA) is 17.3 Å². The van der Waals surface area contributed by atoms with Gasteiger partial charge in [0.2, 0.25) is 0 Å². The van der Waals surface area contributed by atoms with Crippen LogP contribution in [0.4, 0.5) is 0 Å². The molecule has 0 radical (unpaired) electrons. The van der Waals surface area contributed by atoms with Crippen LogP contribution in [0, 0.1) is 0 Å². The number of rotatable bonds is 3. The molecule has 0 aliphatic carbocycles. The van der Waals surface area contributed by atoms with E-state index in [0.29, 0.717) is 0 Å². The Morgan fingerprint density at radius 3 is 1.93 bits per heavy atom. The Balaban J connectivity index is 1.75. The fourth-order valence-electron chi connectivity index (χ4n) is 3.49. The summed E-state index contributed by atoms with van der Waals surface area (Å²) in [6.45, 7) is 0. The van der Waals surface area contributed by atoms with Crippen LogP contribution in [0.3, 0.4) is 0 Å². The number of benzene rings is 3. The van der Waals surface area contributed by atoms with Gasteiger partial charge in [-0.1, -0.05) is 72.8 Å². The molecule has 134 valence electrons. The van der Waals surface area contributed by atoms with Crippen molar-refractivity contribution in [1.29, 1.82) is 0 Å². The number of thiol groups is 1. The maximum absolute atomic E-state index is 4.96. The minimum absolute atomic E-state index is 0.948. The van der Waals surface area contributed by atoms with E-state index in [1.165, 1.54) is 11.1 Å². The van der Waals surface area contributed by atoms with Crippen LogP contribution in [-0.2, 0) is 0 Å². The van der Waals surface area contributed by atoms with Crippen molar-refractivity contribution in [2.45, 2.75) is 4.90 Å². The number of hydrogen-bond donors (Lipinski definition) is 1. The van der Waals surface area contributed by atoms with Gasteiger partial charge in [0.25, 0.3) is 0 Å².